The molecule has 1 aliphatic heterocycles. The summed E-state index contributed by atoms with van der Waals surface area (Å²) in [4.78, 5) is 19.3. The number of likely N-dealkylation sites (tertiary alicyclic amines) is 1. The van der Waals surface area contributed by atoms with Gasteiger partial charge in [0.25, 0.3) is 0 Å². The Morgan fingerprint density at radius 1 is 1.42 bits per heavy atom. The third-order valence-corrected chi connectivity index (χ3v) is 5.16. The molecule has 0 radical (unpaired) electrons. The predicted molar refractivity (Wildman–Crippen MR) is 79.2 cm³/mol. The number of piperidine rings is 1. The van der Waals surface area contributed by atoms with Crippen LogP contribution in [0.2, 0.25) is 0 Å². The summed E-state index contributed by atoms with van der Waals surface area (Å²) in [7, 11) is 0. The number of rotatable bonds is 3. The van der Waals surface area contributed by atoms with Crippen molar-refractivity contribution in [2.24, 2.45) is 11.8 Å². The summed E-state index contributed by atoms with van der Waals surface area (Å²) in [6, 6.07) is 0.209. The molecule has 1 aromatic heterocycles. The quantitative estimate of drug-likeness (QED) is 0.844. The smallest absolute Gasteiger partial charge is 0.226 e. The van der Waals surface area contributed by atoms with E-state index in [0.717, 1.165) is 30.1 Å². The predicted octanol–water partition coefficient (Wildman–Crippen LogP) is 3.80. The standard InChI is InChI=1S/C15H24N2OS/c1-10(2)12(4)15(18)17-8-6-5-7-13(17)14-16-11(3)9-19-14/h9-10,12-13H,5-8H2,1-4H3/t12-,13-/m0/s1. The van der Waals surface area contributed by atoms with Crippen molar-refractivity contribution in [3.63, 3.8) is 0 Å². The van der Waals surface area contributed by atoms with E-state index in [4.69, 9.17) is 0 Å². The van der Waals surface area contributed by atoms with Crippen LogP contribution in [-0.4, -0.2) is 22.3 Å². The Hall–Kier alpha value is -0.900. The van der Waals surface area contributed by atoms with Gasteiger partial charge in [-0.3, -0.25) is 4.79 Å². The lowest BCUT2D eigenvalue weighted by atomic mass is 9.93. The third kappa shape index (κ3) is 3.16. The van der Waals surface area contributed by atoms with Crippen molar-refractivity contribution in [1.82, 2.24) is 9.88 Å². The van der Waals surface area contributed by atoms with Crippen molar-refractivity contribution in [2.75, 3.05) is 6.54 Å². The Bertz CT molecular complexity index is 441. The Balaban J connectivity index is 2.18. The van der Waals surface area contributed by atoms with E-state index in [0.29, 0.717) is 11.8 Å². The molecule has 19 heavy (non-hydrogen) atoms. The van der Waals surface area contributed by atoms with Gasteiger partial charge in [0.1, 0.15) is 5.01 Å². The molecule has 1 aliphatic rings. The zero-order chi connectivity index (χ0) is 14.0. The summed E-state index contributed by atoms with van der Waals surface area (Å²) >= 11 is 1.69. The van der Waals surface area contributed by atoms with Gasteiger partial charge in [-0.05, 0) is 32.1 Å². The van der Waals surface area contributed by atoms with E-state index in [1.807, 2.05) is 13.8 Å². The molecule has 0 saturated carbocycles. The van der Waals surface area contributed by atoms with Crippen molar-refractivity contribution in [1.29, 1.82) is 0 Å². The number of hydrogen-bond acceptors (Lipinski definition) is 3. The molecule has 0 N–H and O–H groups in total. The Kier molecular flexibility index (Phi) is 4.61. The number of thiazole rings is 1. The van der Waals surface area contributed by atoms with Gasteiger partial charge < -0.3 is 4.90 Å². The Morgan fingerprint density at radius 2 is 2.16 bits per heavy atom. The summed E-state index contributed by atoms with van der Waals surface area (Å²) in [6.45, 7) is 9.20. The zero-order valence-corrected chi connectivity index (χ0v) is 13.2. The normalized spacial score (nSPS) is 21.7. The fourth-order valence-corrected chi connectivity index (χ4v) is 3.47. The highest BCUT2D eigenvalue weighted by atomic mass is 32.1. The first-order valence-electron chi connectivity index (χ1n) is 7.23. The first-order chi connectivity index (χ1) is 9.00. The van der Waals surface area contributed by atoms with Gasteiger partial charge in [0, 0.05) is 23.5 Å². The van der Waals surface area contributed by atoms with Crippen LogP contribution in [0.1, 0.15) is 56.8 Å². The van der Waals surface area contributed by atoms with E-state index in [2.05, 4.69) is 29.1 Å². The third-order valence-electron chi connectivity index (χ3n) is 4.10. The lowest BCUT2D eigenvalue weighted by Gasteiger charge is -2.37. The van der Waals surface area contributed by atoms with Gasteiger partial charge in [0.15, 0.2) is 0 Å². The second-order valence-electron chi connectivity index (χ2n) is 5.90. The number of aryl methyl sites for hydroxylation is 1. The van der Waals surface area contributed by atoms with Crippen LogP contribution in [0.5, 0.6) is 0 Å². The van der Waals surface area contributed by atoms with Crippen molar-refractivity contribution in [2.45, 2.75) is 53.0 Å². The molecular formula is C15H24N2OS. The topological polar surface area (TPSA) is 33.2 Å². The average molecular weight is 280 g/mol. The lowest BCUT2D eigenvalue weighted by Crippen LogP contribution is -2.42. The number of hydrogen-bond donors (Lipinski definition) is 0. The first kappa shape index (κ1) is 14.5. The van der Waals surface area contributed by atoms with Gasteiger partial charge in [-0.1, -0.05) is 20.8 Å². The van der Waals surface area contributed by atoms with Gasteiger partial charge >= 0.3 is 0 Å². The molecule has 0 aromatic carbocycles. The Labute approximate surface area is 120 Å². The van der Waals surface area contributed by atoms with E-state index in [9.17, 15) is 4.79 Å². The van der Waals surface area contributed by atoms with Gasteiger partial charge in [-0.2, -0.15) is 0 Å². The molecule has 1 aromatic rings. The molecule has 0 aliphatic carbocycles. The highest BCUT2D eigenvalue weighted by molar-refractivity contribution is 7.09. The number of carbonyl (C=O) groups is 1. The highest BCUT2D eigenvalue weighted by Crippen LogP contribution is 2.34. The second kappa shape index (κ2) is 6.04. The van der Waals surface area contributed by atoms with Gasteiger partial charge in [0.2, 0.25) is 5.91 Å². The number of aromatic nitrogens is 1. The molecule has 2 rings (SSSR count). The molecule has 3 nitrogen and oxygen atoms in total. The minimum Gasteiger partial charge on any atom is -0.333 e. The zero-order valence-electron chi connectivity index (χ0n) is 12.3. The van der Waals surface area contributed by atoms with Crippen molar-refractivity contribution < 1.29 is 4.79 Å². The van der Waals surface area contributed by atoms with E-state index in [1.54, 1.807) is 11.3 Å². The van der Waals surface area contributed by atoms with Crippen LogP contribution >= 0.6 is 11.3 Å². The van der Waals surface area contributed by atoms with Crippen molar-refractivity contribution in [3.05, 3.63) is 16.1 Å². The molecule has 106 valence electrons. The molecule has 1 amide bonds. The van der Waals surface area contributed by atoms with Crippen LogP contribution in [0.15, 0.2) is 5.38 Å². The first-order valence-corrected chi connectivity index (χ1v) is 8.11. The summed E-state index contributed by atoms with van der Waals surface area (Å²) in [5.74, 6) is 0.794. The van der Waals surface area contributed by atoms with Crippen LogP contribution in [0.25, 0.3) is 0 Å². The monoisotopic (exact) mass is 280 g/mol. The average Bonchev–Trinajstić information content (AvgIpc) is 2.83. The number of amides is 1. The molecule has 2 atom stereocenters. The maximum Gasteiger partial charge on any atom is 0.226 e. The number of carbonyl (C=O) groups excluding carboxylic acids is 1. The lowest BCUT2D eigenvalue weighted by molar-refractivity contribution is -0.140. The fourth-order valence-electron chi connectivity index (χ4n) is 2.52. The molecule has 0 unspecified atom stereocenters. The molecular weight excluding hydrogens is 256 g/mol. The highest BCUT2D eigenvalue weighted by Gasteiger charge is 2.32. The summed E-state index contributed by atoms with van der Waals surface area (Å²) in [5.41, 5.74) is 1.06. The molecule has 1 fully saturated rings. The SMILES string of the molecule is Cc1csc([C@@H]2CCCCN2C(=O)[C@@H](C)C(C)C)n1. The van der Waals surface area contributed by atoms with E-state index < -0.39 is 0 Å². The van der Waals surface area contributed by atoms with Crippen molar-refractivity contribution >= 4 is 17.2 Å². The molecule has 0 spiro atoms. The minimum absolute atomic E-state index is 0.0988. The molecule has 1 saturated heterocycles. The largest absolute Gasteiger partial charge is 0.333 e. The van der Waals surface area contributed by atoms with Crippen LogP contribution in [0.4, 0.5) is 0 Å². The maximum atomic E-state index is 12.6. The van der Waals surface area contributed by atoms with E-state index >= 15 is 0 Å². The van der Waals surface area contributed by atoms with Crippen LogP contribution in [0.3, 0.4) is 0 Å². The summed E-state index contributed by atoms with van der Waals surface area (Å²) in [6.07, 6.45) is 3.38. The van der Waals surface area contributed by atoms with Gasteiger partial charge in [-0.25, -0.2) is 4.98 Å². The van der Waals surface area contributed by atoms with Crippen LogP contribution in [-0.2, 0) is 4.79 Å². The Morgan fingerprint density at radius 3 is 2.74 bits per heavy atom. The van der Waals surface area contributed by atoms with Gasteiger partial charge in [0.05, 0.1) is 6.04 Å². The molecule has 0 bridgehead atoms. The van der Waals surface area contributed by atoms with E-state index in [1.165, 1.54) is 6.42 Å². The van der Waals surface area contributed by atoms with Crippen LogP contribution < -0.4 is 0 Å². The summed E-state index contributed by atoms with van der Waals surface area (Å²) in [5, 5.41) is 3.19. The molecule has 2 heterocycles. The summed E-state index contributed by atoms with van der Waals surface area (Å²) < 4.78 is 0. The molecule has 4 heteroatoms. The van der Waals surface area contributed by atoms with Gasteiger partial charge in [-0.15, -0.1) is 11.3 Å². The minimum atomic E-state index is 0.0988. The second-order valence-corrected chi connectivity index (χ2v) is 6.79. The van der Waals surface area contributed by atoms with Crippen LogP contribution in [0, 0.1) is 18.8 Å². The van der Waals surface area contributed by atoms with E-state index in [-0.39, 0.29) is 12.0 Å². The van der Waals surface area contributed by atoms with Crippen molar-refractivity contribution in [3.8, 4) is 0 Å². The maximum absolute atomic E-state index is 12.6. The number of nitrogens with zero attached hydrogens (tertiary/aromatic N) is 2. The fraction of sp³-hybridized carbons (Fsp3) is 0.733.